The minimum absolute atomic E-state index is 0.163. The van der Waals surface area contributed by atoms with Crippen LogP contribution in [0.2, 0.25) is 0 Å². The first-order chi connectivity index (χ1) is 10.3. The summed E-state index contributed by atoms with van der Waals surface area (Å²) in [6.45, 7) is 0.771. The van der Waals surface area contributed by atoms with Crippen LogP contribution in [0.25, 0.3) is 0 Å². The van der Waals surface area contributed by atoms with Crippen molar-refractivity contribution in [3.63, 3.8) is 0 Å². The van der Waals surface area contributed by atoms with E-state index < -0.39 is 0 Å². The summed E-state index contributed by atoms with van der Waals surface area (Å²) in [6, 6.07) is 20.5. The van der Waals surface area contributed by atoms with E-state index in [-0.39, 0.29) is 6.10 Å². The molecule has 1 aliphatic rings. The summed E-state index contributed by atoms with van der Waals surface area (Å²) < 4.78 is 5.89. The SMILES string of the molecule is N#Cc1ccc(N[C@H]2CCO[C@H](c3ccccc3)C2)cc1. The first-order valence-electron chi connectivity index (χ1n) is 7.28. The third-order valence-corrected chi connectivity index (χ3v) is 3.84. The Labute approximate surface area is 125 Å². The van der Waals surface area contributed by atoms with E-state index in [1.807, 2.05) is 30.3 Å². The molecule has 0 bridgehead atoms. The number of hydrogen-bond donors (Lipinski definition) is 1. The maximum Gasteiger partial charge on any atom is 0.0991 e. The smallest absolute Gasteiger partial charge is 0.0991 e. The molecule has 21 heavy (non-hydrogen) atoms. The summed E-state index contributed by atoms with van der Waals surface area (Å²) in [6.07, 6.45) is 2.13. The van der Waals surface area contributed by atoms with Gasteiger partial charge in [0.2, 0.25) is 0 Å². The van der Waals surface area contributed by atoms with Crippen molar-refractivity contribution in [2.45, 2.75) is 25.0 Å². The second-order valence-electron chi connectivity index (χ2n) is 5.32. The Hall–Kier alpha value is -2.31. The molecule has 1 aliphatic heterocycles. The standard InChI is InChI=1S/C18H18N2O/c19-13-14-6-8-16(9-7-14)20-17-10-11-21-18(12-17)15-4-2-1-3-5-15/h1-9,17-18,20H,10-12H2/t17-,18-/m0/s1. The molecule has 0 saturated carbocycles. The summed E-state index contributed by atoms with van der Waals surface area (Å²) in [5, 5.41) is 12.4. The van der Waals surface area contributed by atoms with Crippen LogP contribution in [0.4, 0.5) is 5.69 Å². The highest BCUT2D eigenvalue weighted by Gasteiger charge is 2.23. The molecule has 1 N–H and O–H groups in total. The van der Waals surface area contributed by atoms with Crippen LogP contribution in [0.3, 0.4) is 0 Å². The molecule has 2 aromatic rings. The van der Waals surface area contributed by atoms with Crippen molar-refractivity contribution in [2.75, 3.05) is 11.9 Å². The van der Waals surface area contributed by atoms with Crippen molar-refractivity contribution < 1.29 is 4.74 Å². The number of benzene rings is 2. The van der Waals surface area contributed by atoms with Gasteiger partial charge in [-0.1, -0.05) is 30.3 Å². The summed E-state index contributed by atoms with van der Waals surface area (Å²) in [7, 11) is 0. The Kier molecular flexibility index (Phi) is 4.18. The minimum atomic E-state index is 0.163. The van der Waals surface area contributed by atoms with Crippen LogP contribution in [0.15, 0.2) is 54.6 Å². The van der Waals surface area contributed by atoms with E-state index in [1.54, 1.807) is 0 Å². The highest BCUT2D eigenvalue weighted by Crippen LogP contribution is 2.29. The molecule has 0 radical (unpaired) electrons. The third-order valence-electron chi connectivity index (χ3n) is 3.84. The van der Waals surface area contributed by atoms with Crippen LogP contribution >= 0.6 is 0 Å². The molecule has 1 fully saturated rings. The quantitative estimate of drug-likeness (QED) is 0.926. The van der Waals surface area contributed by atoms with Crippen LogP contribution in [-0.2, 0) is 4.74 Å². The molecule has 0 aromatic heterocycles. The molecule has 3 heteroatoms. The molecule has 0 amide bonds. The van der Waals surface area contributed by atoms with Gasteiger partial charge < -0.3 is 10.1 Å². The van der Waals surface area contributed by atoms with Crippen molar-refractivity contribution in [2.24, 2.45) is 0 Å². The van der Waals surface area contributed by atoms with Gasteiger partial charge in [0.05, 0.1) is 17.7 Å². The molecule has 3 rings (SSSR count). The predicted octanol–water partition coefficient (Wildman–Crippen LogP) is 3.89. The zero-order valence-corrected chi connectivity index (χ0v) is 11.8. The monoisotopic (exact) mass is 278 g/mol. The number of ether oxygens (including phenoxy) is 1. The van der Waals surface area contributed by atoms with Gasteiger partial charge in [0, 0.05) is 18.3 Å². The Morgan fingerprint density at radius 1 is 1.05 bits per heavy atom. The summed E-state index contributed by atoms with van der Waals surface area (Å²) >= 11 is 0. The van der Waals surface area contributed by atoms with Gasteiger partial charge in [0.15, 0.2) is 0 Å². The fraction of sp³-hybridized carbons (Fsp3) is 0.278. The van der Waals surface area contributed by atoms with Crippen molar-refractivity contribution in [3.8, 4) is 6.07 Å². The normalized spacial score (nSPS) is 21.5. The molecule has 0 unspecified atom stereocenters. The maximum absolute atomic E-state index is 8.82. The second kappa shape index (κ2) is 6.43. The van der Waals surface area contributed by atoms with Gasteiger partial charge in [0.1, 0.15) is 0 Å². The minimum Gasteiger partial charge on any atom is -0.382 e. The van der Waals surface area contributed by atoms with Crippen LogP contribution < -0.4 is 5.32 Å². The fourth-order valence-corrected chi connectivity index (χ4v) is 2.70. The van der Waals surface area contributed by atoms with E-state index in [0.29, 0.717) is 11.6 Å². The third kappa shape index (κ3) is 3.42. The lowest BCUT2D eigenvalue weighted by Crippen LogP contribution is -2.30. The summed E-state index contributed by atoms with van der Waals surface area (Å²) in [4.78, 5) is 0. The molecule has 2 aromatic carbocycles. The molecular weight excluding hydrogens is 260 g/mol. The largest absolute Gasteiger partial charge is 0.382 e. The maximum atomic E-state index is 8.82. The second-order valence-corrected chi connectivity index (χ2v) is 5.32. The first-order valence-corrected chi connectivity index (χ1v) is 7.28. The van der Waals surface area contributed by atoms with E-state index in [1.165, 1.54) is 5.56 Å². The number of anilines is 1. The molecule has 1 saturated heterocycles. The summed E-state index contributed by atoms with van der Waals surface area (Å²) in [5.41, 5.74) is 2.99. The number of nitriles is 1. The molecule has 1 heterocycles. The van der Waals surface area contributed by atoms with Crippen LogP contribution in [-0.4, -0.2) is 12.6 Å². The Morgan fingerprint density at radius 3 is 2.52 bits per heavy atom. The molecule has 3 nitrogen and oxygen atoms in total. The van der Waals surface area contributed by atoms with Gasteiger partial charge in [-0.2, -0.15) is 5.26 Å². The van der Waals surface area contributed by atoms with Gasteiger partial charge in [-0.25, -0.2) is 0 Å². The van der Waals surface area contributed by atoms with Gasteiger partial charge in [-0.15, -0.1) is 0 Å². The average Bonchev–Trinajstić information content (AvgIpc) is 2.57. The number of nitrogens with zero attached hydrogens (tertiary/aromatic N) is 1. The highest BCUT2D eigenvalue weighted by atomic mass is 16.5. The van der Waals surface area contributed by atoms with E-state index in [2.05, 4.69) is 35.7 Å². The lowest BCUT2D eigenvalue weighted by molar-refractivity contribution is 0.00980. The highest BCUT2D eigenvalue weighted by molar-refractivity contribution is 5.48. The molecule has 2 atom stereocenters. The van der Waals surface area contributed by atoms with Gasteiger partial charge in [-0.05, 0) is 42.7 Å². The van der Waals surface area contributed by atoms with E-state index >= 15 is 0 Å². The number of nitrogens with one attached hydrogen (secondary N) is 1. The number of rotatable bonds is 3. The lowest BCUT2D eigenvalue weighted by Gasteiger charge is -2.31. The average molecular weight is 278 g/mol. The van der Waals surface area contributed by atoms with Gasteiger partial charge in [-0.3, -0.25) is 0 Å². The van der Waals surface area contributed by atoms with Gasteiger partial charge >= 0.3 is 0 Å². The predicted molar refractivity (Wildman–Crippen MR) is 82.9 cm³/mol. The van der Waals surface area contributed by atoms with E-state index in [0.717, 1.165) is 25.1 Å². The van der Waals surface area contributed by atoms with Gasteiger partial charge in [0.25, 0.3) is 0 Å². The molecule has 106 valence electrons. The van der Waals surface area contributed by atoms with Crippen molar-refractivity contribution in [1.29, 1.82) is 5.26 Å². The Bertz CT molecular complexity index is 616. The molecular formula is C18H18N2O. The van der Waals surface area contributed by atoms with E-state index in [4.69, 9.17) is 10.00 Å². The first kappa shape index (κ1) is 13.7. The summed E-state index contributed by atoms with van der Waals surface area (Å²) in [5.74, 6) is 0. The van der Waals surface area contributed by atoms with E-state index in [9.17, 15) is 0 Å². The zero-order chi connectivity index (χ0) is 14.5. The Morgan fingerprint density at radius 2 is 1.81 bits per heavy atom. The molecule has 0 spiro atoms. The zero-order valence-electron chi connectivity index (χ0n) is 11.8. The van der Waals surface area contributed by atoms with Crippen LogP contribution in [0.1, 0.15) is 30.1 Å². The van der Waals surface area contributed by atoms with Crippen molar-refractivity contribution >= 4 is 5.69 Å². The number of hydrogen-bond acceptors (Lipinski definition) is 3. The molecule has 0 aliphatic carbocycles. The topological polar surface area (TPSA) is 45.0 Å². The Balaban J connectivity index is 1.64. The van der Waals surface area contributed by atoms with Crippen molar-refractivity contribution in [3.05, 3.63) is 65.7 Å². The lowest BCUT2D eigenvalue weighted by atomic mass is 9.97. The van der Waals surface area contributed by atoms with Crippen molar-refractivity contribution in [1.82, 2.24) is 0 Å². The van der Waals surface area contributed by atoms with Crippen LogP contribution in [0, 0.1) is 11.3 Å². The van der Waals surface area contributed by atoms with Crippen LogP contribution in [0.5, 0.6) is 0 Å². The fourth-order valence-electron chi connectivity index (χ4n) is 2.70.